The molecule has 2 N–H and O–H groups in total. The summed E-state index contributed by atoms with van der Waals surface area (Å²) in [7, 11) is 0. The van der Waals surface area contributed by atoms with Crippen LogP contribution in [0.2, 0.25) is 0 Å². The van der Waals surface area contributed by atoms with Gasteiger partial charge in [-0.3, -0.25) is 20.4 Å². The van der Waals surface area contributed by atoms with Gasteiger partial charge in [-0.25, -0.2) is 0 Å². The standard InChI is InChI=1S/C10H6Cl3N3O2S/c11-10(12,13)8(18)15-16-9-14-7(17)5-3-1-2-4-6(5)19-9/h1-4H,(H,15,18)(H,14,16,17). The van der Waals surface area contributed by atoms with Crippen molar-refractivity contribution in [1.29, 1.82) is 0 Å². The Bertz CT molecular complexity index is 684. The fraction of sp³-hybridized carbons (Fsp3) is 0.100. The number of carbonyl (C=O) groups excluding carboxylic acids is 1. The minimum Gasteiger partial charge on any atom is -0.273 e. The fourth-order valence-electron chi connectivity index (χ4n) is 1.25. The number of benzene rings is 1. The number of nitrogens with one attached hydrogen (secondary N) is 2. The van der Waals surface area contributed by atoms with Crippen LogP contribution in [0, 0.1) is 0 Å². The summed E-state index contributed by atoms with van der Waals surface area (Å²) in [6.07, 6.45) is 0. The third-order valence-corrected chi connectivity index (χ3v) is 3.55. The molecule has 100 valence electrons. The number of amides is 1. The van der Waals surface area contributed by atoms with Gasteiger partial charge in [0.25, 0.3) is 15.3 Å². The van der Waals surface area contributed by atoms with Crippen LogP contribution in [0.4, 0.5) is 5.13 Å². The van der Waals surface area contributed by atoms with Crippen LogP contribution >= 0.6 is 46.1 Å². The molecule has 5 nitrogen and oxygen atoms in total. The summed E-state index contributed by atoms with van der Waals surface area (Å²) >= 11 is 17.3. The van der Waals surface area contributed by atoms with Gasteiger partial charge in [0, 0.05) is 4.70 Å². The predicted octanol–water partition coefficient (Wildman–Crippen LogP) is 2.47. The van der Waals surface area contributed by atoms with Crippen molar-refractivity contribution in [2.24, 2.45) is 0 Å². The second-order valence-electron chi connectivity index (χ2n) is 3.40. The molecule has 1 heterocycles. The summed E-state index contributed by atoms with van der Waals surface area (Å²) in [5, 5.41) is 0.706. The smallest absolute Gasteiger partial charge is 0.273 e. The Morgan fingerprint density at radius 3 is 2.63 bits per heavy atom. The zero-order valence-electron chi connectivity index (χ0n) is 9.12. The van der Waals surface area contributed by atoms with Gasteiger partial charge >= 0.3 is 0 Å². The van der Waals surface area contributed by atoms with Crippen LogP contribution in [0.1, 0.15) is 0 Å². The number of alkyl halides is 3. The van der Waals surface area contributed by atoms with Gasteiger partial charge in [-0.05, 0) is 12.1 Å². The van der Waals surface area contributed by atoms with Gasteiger partial charge < -0.3 is 0 Å². The van der Waals surface area contributed by atoms with Gasteiger partial charge in [-0.1, -0.05) is 58.3 Å². The lowest BCUT2D eigenvalue weighted by Crippen LogP contribution is -2.38. The summed E-state index contributed by atoms with van der Waals surface area (Å²) in [4.78, 5) is 26.8. The van der Waals surface area contributed by atoms with Crippen molar-refractivity contribution < 1.29 is 4.79 Å². The molecule has 0 spiro atoms. The molecule has 0 fully saturated rings. The number of halogens is 3. The number of aromatic nitrogens is 1. The number of hydrogen-bond acceptors (Lipinski definition) is 5. The molecule has 0 radical (unpaired) electrons. The molecule has 0 saturated heterocycles. The molecular formula is C10H6Cl3N3O2S. The Labute approximate surface area is 126 Å². The van der Waals surface area contributed by atoms with E-state index in [2.05, 4.69) is 15.8 Å². The first kappa shape index (κ1) is 14.3. The first-order valence-electron chi connectivity index (χ1n) is 4.91. The normalized spacial score (nSPS) is 11.3. The van der Waals surface area contributed by atoms with E-state index in [1.165, 1.54) is 11.3 Å². The zero-order chi connectivity index (χ0) is 14.0. The number of anilines is 1. The second kappa shape index (κ2) is 5.50. The molecular weight excluding hydrogens is 333 g/mol. The molecule has 2 aromatic rings. The van der Waals surface area contributed by atoms with Crippen LogP contribution in [0.25, 0.3) is 10.1 Å². The highest BCUT2D eigenvalue weighted by Crippen LogP contribution is 2.26. The first-order chi connectivity index (χ1) is 8.88. The van der Waals surface area contributed by atoms with Crippen LogP contribution in [0.3, 0.4) is 0 Å². The Hall–Kier alpha value is -1.08. The van der Waals surface area contributed by atoms with Crippen molar-refractivity contribution in [3.05, 3.63) is 34.6 Å². The van der Waals surface area contributed by atoms with E-state index in [-0.39, 0.29) is 5.13 Å². The topological polar surface area (TPSA) is 71.1 Å². The Balaban J connectivity index is 2.23. The van der Waals surface area contributed by atoms with E-state index < -0.39 is 15.3 Å². The van der Waals surface area contributed by atoms with Crippen LogP contribution < -0.4 is 16.4 Å². The van der Waals surface area contributed by atoms with E-state index in [1.54, 1.807) is 24.3 Å². The number of nitrogens with zero attached hydrogens (tertiary/aromatic N) is 1. The van der Waals surface area contributed by atoms with Crippen LogP contribution in [0.15, 0.2) is 29.1 Å². The van der Waals surface area contributed by atoms with Gasteiger partial charge in [-0.2, -0.15) is 4.98 Å². The zero-order valence-corrected chi connectivity index (χ0v) is 12.2. The Morgan fingerprint density at radius 2 is 1.95 bits per heavy atom. The van der Waals surface area contributed by atoms with Gasteiger partial charge in [0.15, 0.2) is 0 Å². The van der Waals surface area contributed by atoms with Gasteiger partial charge in [0.05, 0.1) is 5.39 Å². The highest BCUT2D eigenvalue weighted by molar-refractivity contribution is 7.21. The average molecular weight is 339 g/mol. The molecule has 0 aliphatic rings. The third-order valence-electron chi connectivity index (χ3n) is 2.07. The minimum absolute atomic E-state index is 0.200. The van der Waals surface area contributed by atoms with E-state index >= 15 is 0 Å². The van der Waals surface area contributed by atoms with E-state index in [0.29, 0.717) is 5.39 Å². The summed E-state index contributed by atoms with van der Waals surface area (Å²) < 4.78 is -1.36. The van der Waals surface area contributed by atoms with Crippen molar-refractivity contribution in [2.75, 3.05) is 5.43 Å². The minimum atomic E-state index is -2.09. The maximum absolute atomic E-state index is 11.7. The highest BCUT2D eigenvalue weighted by Gasteiger charge is 2.30. The summed E-state index contributed by atoms with van der Waals surface area (Å²) in [6.45, 7) is 0. The molecule has 0 atom stereocenters. The molecule has 1 aromatic heterocycles. The van der Waals surface area contributed by atoms with Crippen LogP contribution in [-0.4, -0.2) is 14.7 Å². The summed E-state index contributed by atoms with van der Waals surface area (Å²) in [5.41, 5.74) is 4.19. The lowest BCUT2D eigenvalue weighted by atomic mass is 10.3. The van der Waals surface area contributed by atoms with Gasteiger partial charge in [-0.15, -0.1) is 0 Å². The number of fused-ring (bicyclic) bond motifs is 1. The number of hydrogen-bond donors (Lipinski definition) is 2. The molecule has 0 bridgehead atoms. The van der Waals surface area contributed by atoms with E-state index in [4.69, 9.17) is 34.8 Å². The average Bonchev–Trinajstić information content (AvgIpc) is 2.35. The number of hydrazine groups is 1. The molecule has 1 amide bonds. The van der Waals surface area contributed by atoms with E-state index in [0.717, 1.165) is 4.70 Å². The SMILES string of the molecule is O=C(NNc1nc(=O)c2ccccc2s1)C(Cl)(Cl)Cl. The van der Waals surface area contributed by atoms with Crippen molar-refractivity contribution in [2.45, 2.75) is 3.79 Å². The maximum Gasteiger partial charge on any atom is 0.290 e. The van der Waals surface area contributed by atoms with Gasteiger partial charge in [0.1, 0.15) is 0 Å². The Kier molecular flexibility index (Phi) is 4.15. The van der Waals surface area contributed by atoms with Crippen molar-refractivity contribution in [1.82, 2.24) is 10.4 Å². The van der Waals surface area contributed by atoms with E-state index in [1.807, 2.05) is 0 Å². The molecule has 0 aliphatic heterocycles. The van der Waals surface area contributed by atoms with Crippen LogP contribution in [-0.2, 0) is 4.79 Å². The Morgan fingerprint density at radius 1 is 1.26 bits per heavy atom. The van der Waals surface area contributed by atoms with Crippen LogP contribution in [0.5, 0.6) is 0 Å². The molecule has 0 unspecified atom stereocenters. The lowest BCUT2D eigenvalue weighted by Gasteiger charge is -2.12. The third kappa shape index (κ3) is 3.48. The largest absolute Gasteiger partial charge is 0.290 e. The van der Waals surface area contributed by atoms with Crippen molar-refractivity contribution >= 4 is 67.3 Å². The maximum atomic E-state index is 11.7. The lowest BCUT2D eigenvalue weighted by molar-refractivity contribution is -0.119. The number of carbonyl (C=O) groups is 1. The molecule has 9 heteroatoms. The first-order valence-corrected chi connectivity index (χ1v) is 6.86. The monoisotopic (exact) mass is 337 g/mol. The molecule has 19 heavy (non-hydrogen) atoms. The molecule has 0 saturated carbocycles. The van der Waals surface area contributed by atoms with Gasteiger partial charge in [0.2, 0.25) is 5.13 Å². The van der Waals surface area contributed by atoms with Crippen molar-refractivity contribution in [3.63, 3.8) is 0 Å². The summed E-state index contributed by atoms with van der Waals surface area (Å²) in [6, 6.07) is 6.98. The number of rotatable bonds is 2. The van der Waals surface area contributed by atoms with Crippen molar-refractivity contribution in [3.8, 4) is 0 Å². The predicted molar refractivity (Wildman–Crippen MR) is 77.9 cm³/mol. The highest BCUT2D eigenvalue weighted by atomic mass is 35.6. The quantitative estimate of drug-likeness (QED) is 0.652. The molecule has 0 aliphatic carbocycles. The molecule has 2 rings (SSSR count). The summed E-state index contributed by atoms with van der Waals surface area (Å²) in [5.74, 6) is -0.868. The van der Waals surface area contributed by atoms with E-state index in [9.17, 15) is 9.59 Å². The fourth-order valence-corrected chi connectivity index (χ4v) is 2.24. The second-order valence-corrected chi connectivity index (χ2v) is 6.71. The molecule has 1 aromatic carbocycles.